The fraction of sp³-hybridized carbons (Fsp3) is 0.727. The summed E-state index contributed by atoms with van der Waals surface area (Å²) in [5.74, 6) is -0.826. The van der Waals surface area contributed by atoms with Crippen molar-refractivity contribution in [2.24, 2.45) is 5.41 Å². The highest BCUT2D eigenvalue weighted by molar-refractivity contribution is 5.39. The predicted octanol–water partition coefficient (Wildman–Crippen LogP) is 6.76. The zero-order chi connectivity index (χ0) is 19.7. The van der Waals surface area contributed by atoms with Crippen molar-refractivity contribution in [2.45, 2.75) is 92.5 Å². The number of hydrogen-bond acceptors (Lipinski definition) is 3. The first-order valence-corrected chi connectivity index (χ1v) is 9.98. The topological polar surface area (TPSA) is 27.7 Å². The van der Waals surface area contributed by atoms with Crippen LogP contribution in [0.4, 0.5) is 0 Å². The van der Waals surface area contributed by atoms with E-state index in [1.807, 2.05) is 40.7 Å². The number of allylic oxidation sites excluding steroid dienone is 2. The summed E-state index contributed by atoms with van der Waals surface area (Å²) in [6, 6.07) is 0. The molecule has 2 rings (SSSR count). The second-order valence-corrected chi connectivity index (χ2v) is 6.29. The maximum Gasteiger partial charge on any atom is 0.260 e. The van der Waals surface area contributed by atoms with Gasteiger partial charge in [0, 0.05) is 11.0 Å². The molecule has 0 aliphatic carbocycles. The van der Waals surface area contributed by atoms with Crippen LogP contribution in [0.1, 0.15) is 81.1 Å². The van der Waals surface area contributed by atoms with E-state index in [9.17, 15) is 0 Å². The van der Waals surface area contributed by atoms with Gasteiger partial charge < -0.3 is 4.74 Å². The summed E-state index contributed by atoms with van der Waals surface area (Å²) in [6.45, 7) is 25.1. The van der Waals surface area contributed by atoms with E-state index < -0.39 is 11.4 Å². The Hall–Kier alpha value is -0.900. The Morgan fingerprint density at radius 3 is 1.96 bits per heavy atom. The van der Waals surface area contributed by atoms with Crippen LogP contribution in [0.25, 0.3) is 0 Å². The van der Waals surface area contributed by atoms with Crippen molar-refractivity contribution < 1.29 is 14.5 Å². The van der Waals surface area contributed by atoms with Crippen LogP contribution < -0.4 is 0 Å². The zero-order valence-corrected chi connectivity index (χ0v) is 17.8. The average molecular weight is 353 g/mol. The first-order valence-electron chi connectivity index (χ1n) is 9.98. The SMILES string of the molecule is C=C/C(=C\C(=C)C)C12OCC(CC)(CCC)C1(CC)OO2.CC.CC. The van der Waals surface area contributed by atoms with Crippen LogP contribution in [0.15, 0.2) is 36.5 Å². The molecule has 2 heterocycles. The fourth-order valence-corrected chi connectivity index (χ4v) is 4.05. The quantitative estimate of drug-likeness (QED) is 0.374. The Kier molecular flexibility index (Phi) is 9.93. The monoisotopic (exact) mass is 352 g/mol. The molecule has 0 spiro atoms. The second-order valence-electron chi connectivity index (χ2n) is 6.29. The first kappa shape index (κ1) is 24.1. The molecule has 3 atom stereocenters. The van der Waals surface area contributed by atoms with Crippen molar-refractivity contribution in [1.82, 2.24) is 0 Å². The van der Waals surface area contributed by atoms with Crippen molar-refractivity contribution in [3.8, 4) is 0 Å². The van der Waals surface area contributed by atoms with Gasteiger partial charge in [0.2, 0.25) is 0 Å². The first-order chi connectivity index (χ1) is 12.0. The summed E-state index contributed by atoms with van der Waals surface area (Å²) in [6.07, 6.45) is 7.82. The van der Waals surface area contributed by atoms with E-state index in [-0.39, 0.29) is 5.41 Å². The standard InChI is InChI=1S/C18H28O3.2C2H6/c1-7-11-16(9-3)13-19-18(15(8-2)12-14(5)6)17(16,10-4)20-21-18;2*1-2/h8,12H,2,5,7,9-11,13H2,1,3-4,6H3;2*1-2H3/b15-12+;;. The van der Waals surface area contributed by atoms with Crippen LogP contribution in [-0.2, 0) is 14.5 Å². The maximum atomic E-state index is 6.22. The van der Waals surface area contributed by atoms with Crippen molar-refractivity contribution >= 4 is 0 Å². The highest BCUT2D eigenvalue weighted by atomic mass is 17.3. The van der Waals surface area contributed by atoms with E-state index in [0.29, 0.717) is 6.61 Å². The third-order valence-electron chi connectivity index (χ3n) is 5.15. The van der Waals surface area contributed by atoms with Gasteiger partial charge in [-0.05, 0) is 26.2 Å². The third-order valence-corrected chi connectivity index (χ3v) is 5.15. The molecular formula is C22H40O3. The van der Waals surface area contributed by atoms with Gasteiger partial charge in [-0.1, -0.05) is 85.8 Å². The van der Waals surface area contributed by atoms with Crippen molar-refractivity contribution in [1.29, 1.82) is 0 Å². The minimum atomic E-state index is -0.826. The maximum absolute atomic E-state index is 6.22. The summed E-state index contributed by atoms with van der Waals surface area (Å²) in [4.78, 5) is 11.4. The Balaban J connectivity index is 0.00000134. The van der Waals surface area contributed by atoms with Gasteiger partial charge in [-0.2, -0.15) is 4.89 Å². The Bertz CT molecular complexity index is 464. The lowest BCUT2D eigenvalue weighted by Crippen LogP contribution is -2.70. The summed E-state index contributed by atoms with van der Waals surface area (Å²) < 4.78 is 6.22. The number of fused-ring (bicyclic) bond motifs is 1. The number of rotatable bonds is 7. The van der Waals surface area contributed by atoms with Gasteiger partial charge >= 0.3 is 0 Å². The smallest absolute Gasteiger partial charge is 0.260 e. The Morgan fingerprint density at radius 1 is 1.04 bits per heavy atom. The van der Waals surface area contributed by atoms with E-state index in [2.05, 4.69) is 33.9 Å². The van der Waals surface area contributed by atoms with Crippen LogP contribution >= 0.6 is 0 Å². The van der Waals surface area contributed by atoms with Gasteiger partial charge in [-0.25, -0.2) is 4.89 Å². The summed E-state index contributed by atoms with van der Waals surface area (Å²) in [7, 11) is 0. The van der Waals surface area contributed by atoms with Crippen molar-refractivity contribution in [2.75, 3.05) is 6.61 Å². The summed E-state index contributed by atoms with van der Waals surface area (Å²) >= 11 is 0. The normalized spacial score (nSPS) is 33.0. The molecule has 2 aliphatic rings. The van der Waals surface area contributed by atoms with Gasteiger partial charge in [0.05, 0.1) is 6.61 Å². The molecule has 0 radical (unpaired) electrons. The van der Waals surface area contributed by atoms with Gasteiger partial charge in [0.15, 0.2) is 5.60 Å². The predicted molar refractivity (Wildman–Crippen MR) is 107 cm³/mol. The van der Waals surface area contributed by atoms with E-state index in [1.54, 1.807) is 6.08 Å². The lowest BCUT2D eigenvalue weighted by molar-refractivity contribution is -0.588. The zero-order valence-electron chi connectivity index (χ0n) is 17.8. The molecule has 2 aliphatic heterocycles. The lowest BCUT2D eigenvalue weighted by Gasteiger charge is -2.56. The number of ether oxygens (including phenoxy) is 1. The van der Waals surface area contributed by atoms with Crippen LogP contribution in [0.2, 0.25) is 0 Å². The Labute approximate surface area is 156 Å². The fourth-order valence-electron chi connectivity index (χ4n) is 4.05. The van der Waals surface area contributed by atoms with Crippen LogP contribution in [-0.4, -0.2) is 18.0 Å². The minimum Gasteiger partial charge on any atom is -0.341 e. The highest BCUT2D eigenvalue weighted by Gasteiger charge is 2.78. The highest BCUT2D eigenvalue weighted by Crippen LogP contribution is 2.65. The van der Waals surface area contributed by atoms with E-state index in [0.717, 1.165) is 36.8 Å². The van der Waals surface area contributed by atoms with Crippen LogP contribution in [0.5, 0.6) is 0 Å². The average Bonchev–Trinajstić information content (AvgIpc) is 2.81. The molecule has 0 bridgehead atoms. The molecule has 0 aromatic rings. The van der Waals surface area contributed by atoms with Gasteiger partial charge in [0.25, 0.3) is 5.79 Å². The van der Waals surface area contributed by atoms with Gasteiger partial charge in [-0.15, -0.1) is 0 Å². The van der Waals surface area contributed by atoms with Crippen molar-refractivity contribution in [3.63, 3.8) is 0 Å². The molecule has 0 amide bonds. The molecule has 2 fully saturated rings. The molecule has 3 heteroatoms. The molecular weight excluding hydrogens is 312 g/mol. The summed E-state index contributed by atoms with van der Waals surface area (Å²) in [5.41, 5.74) is 1.42. The number of hydrogen-bond donors (Lipinski definition) is 0. The molecule has 0 aromatic heterocycles. The molecule has 146 valence electrons. The summed E-state index contributed by atoms with van der Waals surface area (Å²) in [5, 5.41) is 0. The minimum absolute atomic E-state index is 0.00801. The molecule has 0 saturated carbocycles. The molecule has 0 N–H and O–H groups in total. The third kappa shape index (κ3) is 3.65. The molecule has 25 heavy (non-hydrogen) atoms. The van der Waals surface area contributed by atoms with Crippen LogP contribution in [0, 0.1) is 5.41 Å². The Morgan fingerprint density at radius 2 is 1.64 bits per heavy atom. The molecule has 3 nitrogen and oxygen atoms in total. The second kappa shape index (κ2) is 10.3. The molecule has 3 unspecified atom stereocenters. The van der Waals surface area contributed by atoms with Crippen LogP contribution in [0.3, 0.4) is 0 Å². The van der Waals surface area contributed by atoms with E-state index in [1.165, 1.54) is 0 Å². The van der Waals surface area contributed by atoms with Gasteiger partial charge in [-0.3, -0.25) is 0 Å². The largest absolute Gasteiger partial charge is 0.341 e. The van der Waals surface area contributed by atoms with E-state index in [4.69, 9.17) is 14.5 Å². The van der Waals surface area contributed by atoms with Crippen molar-refractivity contribution in [3.05, 3.63) is 36.5 Å². The lowest BCUT2D eigenvalue weighted by atomic mass is 9.62. The molecule has 0 aromatic carbocycles. The molecule has 2 saturated heterocycles. The van der Waals surface area contributed by atoms with Gasteiger partial charge in [0.1, 0.15) is 0 Å². The van der Waals surface area contributed by atoms with E-state index >= 15 is 0 Å².